The maximum absolute atomic E-state index is 11.6. The Morgan fingerprint density at radius 2 is 2.29 bits per heavy atom. The first-order valence-corrected chi connectivity index (χ1v) is 5.72. The van der Waals surface area contributed by atoms with E-state index in [1.54, 1.807) is 19.1 Å². The van der Waals surface area contributed by atoms with E-state index in [1.807, 2.05) is 13.8 Å². The molecule has 17 heavy (non-hydrogen) atoms. The number of amides is 1. The number of anilines is 1. The number of aromatic nitrogens is 1. The second-order valence-electron chi connectivity index (χ2n) is 3.89. The van der Waals surface area contributed by atoms with Crippen molar-refractivity contribution < 1.29 is 9.53 Å². The first-order valence-electron chi connectivity index (χ1n) is 5.72. The van der Waals surface area contributed by atoms with E-state index in [9.17, 15) is 4.79 Å². The number of rotatable bonds is 5. The first-order chi connectivity index (χ1) is 8.04. The lowest BCUT2D eigenvalue weighted by Gasteiger charge is -2.15. The van der Waals surface area contributed by atoms with Gasteiger partial charge in [0.25, 0.3) is 5.91 Å². The van der Waals surface area contributed by atoms with Crippen LogP contribution >= 0.6 is 0 Å². The predicted molar refractivity (Wildman–Crippen MR) is 66.8 cm³/mol. The van der Waals surface area contributed by atoms with Gasteiger partial charge in [0, 0.05) is 12.2 Å². The van der Waals surface area contributed by atoms with Crippen molar-refractivity contribution in [3.8, 4) is 5.75 Å². The van der Waals surface area contributed by atoms with Crippen molar-refractivity contribution in [2.75, 3.05) is 12.3 Å². The molecule has 0 saturated carbocycles. The third-order valence-corrected chi connectivity index (χ3v) is 2.25. The highest BCUT2D eigenvalue weighted by atomic mass is 16.5. The maximum atomic E-state index is 11.6. The monoisotopic (exact) mass is 237 g/mol. The summed E-state index contributed by atoms with van der Waals surface area (Å²) in [6, 6.07) is 3.52. The molecule has 94 valence electrons. The molecule has 0 fully saturated rings. The Balaban J connectivity index is 2.61. The summed E-state index contributed by atoms with van der Waals surface area (Å²) in [5.74, 6) is 0.599. The molecule has 1 atom stereocenters. The van der Waals surface area contributed by atoms with Crippen molar-refractivity contribution in [3.63, 3.8) is 0 Å². The van der Waals surface area contributed by atoms with Gasteiger partial charge >= 0.3 is 0 Å². The van der Waals surface area contributed by atoms with E-state index in [2.05, 4.69) is 10.3 Å². The minimum atomic E-state index is -0.576. The highest BCUT2D eigenvalue weighted by Gasteiger charge is 2.15. The Kier molecular flexibility index (Phi) is 4.75. The van der Waals surface area contributed by atoms with E-state index in [-0.39, 0.29) is 5.91 Å². The molecule has 0 bridgehead atoms. The minimum Gasteiger partial charge on any atom is -0.477 e. The molecule has 0 aliphatic rings. The van der Waals surface area contributed by atoms with E-state index in [1.165, 1.54) is 0 Å². The summed E-state index contributed by atoms with van der Waals surface area (Å²) in [5.41, 5.74) is 6.52. The maximum Gasteiger partial charge on any atom is 0.260 e. The van der Waals surface area contributed by atoms with E-state index in [4.69, 9.17) is 10.5 Å². The number of nitrogens with one attached hydrogen (secondary N) is 1. The molecule has 1 aromatic heterocycles. The molecule has 1 heterocycles. The van der Waals surface area contributed by atoms with Crippen LogP contribution in [0.4, 0.5) is 5.82 Å². The molecule has 1 unspecified atom stereocenters. The third-order valence-electron chi connectivity index (χ3n) is 2.25. The van der Waals surface area contributed by atoms with E-state index in [0.717, 1.165) is 12.1 Å². The van der Waals surface area contributed by atoms with Crippen LogP contribution in [0.2, 0.25) is 0 Å². The molecule has 0 saturated heterocycles. The summed E-state index contributed by atoms with van der Waals surface area (Å²) in [6.07, 6.45) is 0.320. The van der Waals surface area contributed by atoms with Crippen molar-refractivity contribution in [3.05, 3.63) is 17.8 Å². The topological polar surface area (TPSA) is 77.2 Å². The Morgan fingerprint density at radius 3 is 2.88 bits per heavy atom. The Hall–Kier alpha value is -1.78. The molecule has 1 rings (SSSR count). The largest absolute Gasteiger partial charge is 0.477 e. The number of ether oxygens (including phenoxy) is 1. The van der Waals surface area contributed by atoms with Crippen LogP contribution in [-0.2, 0) is 4.79 Å². The van der Waals surface area contributed by atoms with Crippen molar-refractivity contribution in [1.82, 2.24) is 10.3 Å². The molecule has 0 radical (unpaired) electrons. The van der Waals surface area contributed by atoms with Gasteiger partial charge in [0.2, 0.25) is 0 Å². The summed E-state index contributed by atoms with van der Waals surface area (Å²) in [7, 11) is 0. The Labute approximate surface area is 101 Å². The van der Waals surface area contributed by atoms with Gasteiger partial charge in [-0.05, 0) is 32.4 Å². The van der Waals surface area contributed by atoms with Crippen molar-refractivity contribution in [2.24, 2.45) is 0 Å². The zero-order valence-corrected chi connectivity index (χ0v) is 10.5. The number of hydrogen-bond acceptors (Lipinski definition) is 4. The van der Waals surface area contributed by atoms with Crippen LogP contribution in [0.1, 0.15) is 26.0 Å². The number of nitrogens with zero attached hydrogens (tertiary/aromatic N) is 1. The lowest BCUT2D eigenvalue weighted by atomic mass is 10.3. The zero-order chi connectivity index (χ0) is 12.8. The molecule has 5 heteroatoms. The van der Waals surface area contributed by atoms with Gasteiger partial charge in [0.15, 0.2) is 17.7 Å². The second kappa shape index (κ2) is 6.08. The number of nitrogens with two attached hydrogens (primary N) is 1. The second-order valence-corrected chi connectivity index (χ2v) is 3.89. The van der Waals surface area contributed by atoms with Crippen LogP contribution in [0, 0.1) is 6.92 Å². The quantitative estimate of drug-likeness (QED) is 0.808. The normalized spacial score (nSPS) is 11.9. The highest BCUT2D eigenvalue weighted by Crippen LogP contribution is 2.20. The molecule has 5 nitrogen and oxygen atoms in total. The van der Waals surface area contributed by atoms with E-state index >= 15 is 0 Å². The SMILES string of the molecule is CCCNC(=O)C(C)Oc1ccc(C)nc1N. The molecule has 0 aliphatic carbocycles. The predicted octanol–water partition coefficient (Wildman–Crippen LogP) is 1.27. The Bertz CT molecular complexity index is 393. The number of carbonyl (C=O) groups is 1. The number of pyridine rings is 1. The number of hydrogen-bond donors (Lipinski definition) is 2. The summed E-state index contributed by atoms with van der Waals surface area (Å²) < 4.78 is 5.46. The van der Waals surface area contributed by atoms with Gasteiger partial charge in [-0.15, -0.1) is 0 Å². The summed E-state index contributed by atoms with van der Waals surface area (Å²) in [4.78, 5) is 15.7. The minimum absolute atomic E-state index is 0.146. The van der Waals surface area contributed by atoms with Crippen LogP contribution < -0.4 is 15.8 Å². The van der Waals surface area contributed by atoms with Gasteiger partial charge in [0.05, 0.1) is 0 Å². The molecule has 0 spiro atoms. The number of aryl methyl sites for hydroxylation is 1. The number of carbonyl (C=O) groups excluding carboxylic acids is 1. The average Bonchev–Trinajstić information content (AvgIpc) is 2.29. The average molecular weight is 237 g/mol. The summed E-state index contributed by atoms with van der Waals surface area (Å²) >= 11 is 0. The molecule has 1 amide bonds. The van der Waals surface area contributed by atoms with Crippen molar-refractivity contribution in [1.29, 1.82) is 0 Å². The van der Waals surface area contributed by atoms with Crippen LogP contribution in [0.5, 0.6) is 5.75 Å². The summed E-state index contributed by atoms with van der Waals surface area (Å²) in [5, 5.41) is 2.76. The van der Waals surface area contributed by atoms with Crippen molar-refractivity contribution in [2.45, 2.75) is 33.3 Å². The fraction of sp³-hybridized carbons (Fsp3) is 0.500. The third kappa shape index (κ3) is 3.94. The molecular formula is C12H19N3O2. The van der Waals surface area contributed by atoms with Crippen LogP contribution in [0.25, 0.3) is 0 Å². The van der Waals surface area contributed by atoms with Gasteiger partial charge < -0.3 is 15.8 Å². The van der Waals surface area contributed by atoms with Crippen LogP contribution in [0.3, 0.4) is 0 Å². The Morgan fingerprint density at radius 1 is 1.59 bits per heavy atom. The molecular weight excluding hydrogens is 218 g/mol. The fourth-order valence-corrected chi connectivity index (χ4v) is 1.30. The fourth-order valence-electron chi connectivity index (χ4n) is 1.30. The molecule has 3 N–H and O–H groups in total. The summed E-state index contributed by atoms with van der Waals surface area (Å²) in [6.45, 7) is 6.17. The van der Waals surface area contributed by atoms with Gasteiger partial charge in [-0.25, -0.2) is 4.98 Å². The molecule has 0 aliphatic heterocycles. The molecule has 1 aromatic rings. The smallest absolute Gasteiger partial charge is 0.260 e. The highest BCUT2D eigenvalue weighted by molar-refractivity contribution is 5.80. The van der Waals surface area contributed by atoms with Crippen LogP contribution in [-0.4, -0.2) is 23.5 Å². The zero-order valence-electron chi connectivity index (χ0n) is 10.5. The van der Waals surface area contributed by atoms with Gasteiger partial charge in [-0.3, -0.25) is 4.79 Å². The van der Waals surface area contributed by atoms with E-state index < -0.39 is 6.10 Å². The van der Waals surface area contributed by atoms with Gasteiger partial charge in [0.1, 0.15) is 0 Å². The van der Waals surface area contributed by atoms with Crippen LogP contribution in [0.15, 0.2) is 12.1 Å². The van der Waals surface area contributed by atoms with E-state index in [0.29, 0.717) is 18.1 Å². The standard InChI is InChI=1S/C12H19N3O2/c1-4-7-14-12(16)9(3)17-10-6-5-8(2)15-11(10)13/h5-6,9H,4,7H2,1-3H3,(H2,13,15)(H,14,16). The van der Waals surface area contributed by atoms with Gasteiger partial charge in [-0.2, -0.15) is 0 Å². The number of nitrogen functional groups attached to an aromatic ring is 1. The first kappa shape index (κ1) is 13.3. The van der Waals surface area contributed by atoms with Gasteiger partial charge in [-0.1, -0.05) is 6.92 Å². The molecule has 0 aromatic carbocycles. The van der Waals surface area contributed by atoms with Crippen molar-refractivity contribution >= 4 is 11.7 Å². The lowest BCUT2D eigenvalue weighted by Crippen LogP contribution is -2.36. The lowest BCUT2D eigenvalue weighted by molar-refractivity contribution is -0.127.